The lowest BCUT2D eigenvalue weighted by Crippen LogP contribution is -2.42. The average Bonchev–Trinajstić information content (AvgIpc) is 2.42. The molecule has 0 aromatic rings. The summed E-state index contributed by atoms with van der Waals surface area (Å²) in [6.07, 6.45) is 5.01. The van der Waals surface area contributed by atoms with Gasteiger partial charge in [-0.25, -0.2) is 0 Å². The average molecular weight is 283 g/mol. The van der Waals surface area contributed by atoms with E-state index in [1.54, 1.807) is 0 Å². The van der Waals surface area contributed by atoms with Crippen molar-refractivity contribution in [2.75, 3.05) is 0 Å². The summed E-state index contributed by atoms with van der Waals surface area (Å²) in [5.74, 6) is 0. The Hall–Kier alpha value is 0.131. The van der Waals surface area contributed by atoms with Crippen LogP contribution in [-0.4, -0.2) is 24.2 Å². The van der Waals surface area contributed by atoms with Crippen LogP contribution in [0.4, 0.5) is 0 Å². The number of hydrogen-bond acceptors (Lipinski definition) is 0. The second-order valence-electron chi connectivity index (χ2n) is 8.54. The molecule has 0 heterocycles. The van der Waals surface area contributed by atoms with E-state index in [-0.39, 0.29) is 0 Å². The van der Waals surface area contributed by atoms with E-state index in [1.807, 2.05) is 10.4 Å². The smallest absolute Gasteiger partial charge is 0.0728 e. The van der Waals surface area contributed by atoms with Crippen LogP contribution >= 0.6 is 0 Å². The maximum Gasteiger partial charge on any atom is 0.0728 e. The maximum absolute atomic E-state index is 2.55. The summed E-state index contributed by atoms with van der Waals surface area (Å²) in [5.41, 5.74) is 0.848. The topological polar surface area (TPSA) is 0 Å². The first-order valence-electron chi connectivity index (χ1n) is 6.78. The molecule has 3 heteroatoms. The Labute approximate surface area is 111 Å². The predicted octanol–water partition coefficient (Wildman–Crippen LogP) is 5.32. The molecule has 1 aliphatic rings. The van der Waals surface area contributed by atoms with E-state index in [2.05, 4.69) is 71.1 Å². The first kappa shape index (κ1) is 15.2. The molecule has 0 nitrogen and oxygen atoms in total. The van der Waals surface area contributed by atoms with Gasteiger partial charge in [-0.05, 0) is 5.54 Å². The molecule has 0 radical (unpaired) electrons. The zero-order chi connectivity index (χ0) is 13.6. The minimum Gasteiger partial charge on any atom is -0.0771 e. The fourth-order valence-electron chi connectivity index (χ4n) is 2.84. The second kappa shape index (κ2) is 4.35. The Morgan fingerprint density at radius 1 is 0.647 bits per heavy atom. The van der Waals surface area contributed by atoms with Crippen molar-refractivity contribution in [1.29, 1.82) is 0 Å². The summed E-state index contributed by atoms with van der Waals surface area (Å²) in [4.78, 5) is 0. The molecular weight excluding hydrogens is 252 g/mol. The van der Waals surface area contributed by atoms with Crippen LogP contribution < -0.4 is 0 Å². The minimum atomic E-state index is -1.15. The maximum atomic E-state index is 2.55. The van der Waals surface area contributed by atoms with Crippen LogP contribution in [0.3, 0.4) is 0 Å². The molecule has 0 saturated heterocycles. The lowest BCUT2D eigenvalue weighted by Gasteiger charge is -2.39. The van der Waals surface area contributed by atoms with Crippen LogP contribution in [0.5, 0.6) is 0 Å². The summed E-state index contributed by atoms with van der Waals surface area (Å²) < 4.78 is 0. The van der Waals surface area contributed by atoms with E-state index in [1.165, 1.54) is 0 Å². The molecule has 0 spiro atoms. The van der Waals surface area contributed by atoms with E-state index in [9.17, 15) is 0 Å². The summed E-state index contributed by atoms with van der Waals surface area (Å²) in [6, 6.07) is 0. The molecule has 0 amide bonds. The first-order valence-corrected chi connectivity index (χ1v) is 17.4. The third-order valence-electron chi connectivity index (χ3n) is 3.66. The summed E-state index contributed by atoms with van der Waals surface area (Å²) >= 11 is 0. The van der Waals surface area contributed by atoms with Gasteiger partial charge in [0.1, 0.15) is 0 Å². The summed E-state index contributed by atoms with van der Waals surface area (Å²) in [6.45, 7) is 22.7. The van der Waals surface area contributed by atoms with Gasteiger partial charge in [0.15, 0.2) is 0 Å². The Morgan fingerprint density at radius 3 is 1.12 bits per heavy atom. The van der Waals surface area contributed by atoms with Gasteiger partial charge in [0.05, 0.1) is 24.2 Å². The predicted molar refractivity (Wildman–Crippen MR) is 90.0 cm³/mol. The fourth-order valence-corrected chi connectivity index (χ4v) is 13.4. The molecule has 0 bridgehead atoms. The molecule has 0 aromatic heterocycles. The minimum absolute atomic E-state index is 0.848. The van der Waals surface area contributed by atoms with Crippen molar-refractivity contribution in [3.05, 3.63) is 22.5 Å². The largest absolute Gasteiger partial charge is 0.0771 e. The number of allylic oxidation sites excluding steroid dienone is 4. The highest BCUT2D eigenvalue weighted by atomic mass is 28.3. The molecule has 0 saturated carbocycles. The highest BCUT2D eigenvalue weighted by Crippen LogP contribution is 2.47. The number of rotatable bonds is 3. The van der Waals surface area contributed by atoms with Crippen LogP contribution in [-0.2, 0) is 0 Å². The molecule has 0 unspecified atom stereocenters. The molecule has 98 valence electrons. The molecule has 0 aromatic carbocycles. The molecular formula is C14H30Si3. The van der Waals surface area contributed by atoms with Gasteiger partial charge in [-0.2, -0.15) is 0 Å². The third-order valence-corrected chi connectivity index (χ3v) is 11.0. The second-order valence-corrected chi connectivity index (χ2v) is 24.0. The Morgan fingerprint density at radius 2 is 0.941 bits per heavy atom. The zero-order valence-corrected chi connectivity index (χ0v) is 16.2. The van der Waals surface area contributed by atoms with Crippen molar-refractivity contribution >= 4 is 24.2 Å². The Bertz CT molecular complexity index is 326. The van der Waals surface area contributed by atoms with Crippen molar-refractivity contribution in [3.63, 3.8) is 0 Å². The molecule has 1 aliphatic carbocycles. The molecule has 0 aliphatic heterocycles. The molecule has 0 atom stereocenters. The van der Waals surface area contributed by atoms with Crippen molar-refractivity contribution in [3.8, 4) is 0 Å². The molecule has 1 rings (SSSR count). The fraction of sp³-hybridized carbons (Fsp3) is 0.714. The lowest BCUT2D eigenvalue weighted by atomic mass is 10.4. The van der Waals surface area contributed by atoms with Crippen LogP contribution in [0.1, 0.15) is 0 Å². The van der Waals surface area contributed by atoms with Crippen LogP contribution in [0.15, 0.2) is 22.5 Å². The zero-order valence-electron chi connectivity index (χ0n) is 13.2. The van der Waals surface area contributed by atoms with Crippen molar-refractivity contribution in [1.82, 2.24) is 0 Å². The molecule has 0 fully saturated rings. The van der Waals surface area contributed by atoms with Crippen molar-refractivity contribution in [2.24, 2.45) is 0 Å². The Kier molecular flexibility index (Phi) is 3.89. The van der Waals surface area contributed by atoms with Gasteiger partial charge in [-0.3, -0.25) is 0 Å². The normalized spacial score (nSPS) is 19.4. The highest BCUT2D eigenvalue weighted by Gasteiger charge is 2.43. The van der Waals surface area contributed by atoms with E-state index >= 15 is 0 Å². The van der Waals surface area contributed by atoms with Gasteiger partial charge in [0, 0.05) is 0 Å². The van der Waals surface area contributed by atoms with E-state index in [0.717, 1.165) is 5.54 Å². The van der Waals surface area contributed by atoms with Gasteiger partial charge in [-0.15, -0.1) is 0 Å². The van der Waals surface area contributed by atoms with E-state index in [4.69, 9.17) is 0 Å². The summed E-state index contributed by atoms with van der Waals surface area (Å²) in [5, 5.41) is 3.66. The van der Waals surface area contributed by atoms with E-state index < -0.39 is 24.2 Å². The molecule has 0 N–H and O–H groups in total. The third kappa shape index (κ3) is 3.32. The quantitative estimate of drug-likeness (QED) is 0.615. The lowest BCUT2D eigenvalue weighted by molar-refractivity contribution is 1.19. The van der Waals surface area contributed by atoms with Gasteiger partial charge >= 0.3 is 0 Å². The van der Waals surface area contributed by atoms with Crippen LogP contribution in [0, 0.1) is 0 Å². The Balaban J connectivity index is 3.21. The monoisotopic (exact) mass is 282 g/mol. The van der Waals surface area contributed by atoms with Gasteiger partial charge in [-0.1, -0.05) is 81.5 Å². The van der Waals surface area contributed by atoms with Crippen molar-refractivity contribution < 1.29 is 0 Å². The summed E-state index contributed by atoms with van der Waals surface area (Å²) in [7, 11) is -3.44. The van der Waals surface area contributed by atoms with Gasteiger partial charge in [0.2, 0.25) is 0 Å². The molecule has 17 heavy (non-hydrogen) atoms. The number of hydrogen-bond donors (Lipinski definition) is 0. The standard InChI is InChI=1S/C14H30Si3/c1-15(2,3)12-10-11-13(16(4,5)6)14(12)17(7,8)9/h10-11,14H,1-9H3. The SMILES string of the molecule is C[Si](C)(C)C1=CC=C([Si](C)(C)C)C1[Si](C)(C)C. The highest BCUT2D eigenvalue weighted by molar-refractivity contribution is 6.93. The van der Waals surface area contributed by atoms with Crippen molar-refractivity contribution in [2.45, 2.75) is 64.5 Å². The van der Waals surface area contributed by atoms with Gasteiger partial charge < -0.3 is 0 Å². The van der Waals surface area contributed by atoms with Gasteiger partial charge in [0.25, 0.3) is 0 Å². The van der Waals surface area contributed by atoms with E-state index in [0.29, 0.717) is 0 Å². The van der Waals surface area contributed by atoms with Crippen LogP contribution in [0.2, 0.25) is 64.5 Å². The van der Waals surface area contributed by atoms with Crippen LogP contribution in [0.25, 0.3) is 0 Å². The first-order chi connectivity index (χ1) is 7.35.